The second-order valence-electron chi connectivity index (χ2n) is 5.53. The van der Waals surface area contributed by atoms with Crippen LogP contribution in [0.2, 0.25) is 0 Å². The van der Waals surface area contributed by atoms with Crippen LogP contribution < -0.4 is 0 Å². The number of rotatable bonds is 9. The van der Waals surface area contributed by atoms with E-state index in [0.717, 1.165) is 0 Å². The SMILES string of the molecule is CC(C)S(=O)(=O)CCCCCC(=O)Cc1ccccc1F. The number of hydrogen-bond donors (Lipinski definition) is 0. The van der Waals surface area contributed by atoms with Crippen LogP contribution in [-0.4, -0.2) is 25.2 Å². The van der Waals surface area contributed by atoms with Gasteiger partial charge in [0, 0.05) is 12.8 Å². The van der Waals surface area contributed by atoms with Gasteiger partial charge in [-0.05, 0) is 38.3 Å². The molecule has 1 aromatic carbocycles. The molecule has 1 rings (SSSR count). The molecule has 0 unspecified atom stereocenters. The van der Waals surface area contributed by atoms with E-state index in [4.69, 9.17) is 0 Å². The van der Waals surface area contributed by atoms with E-state index >= 15 is 0 Å². The lowest BCUT2D eigenvalue weighted by atomic mass is 10.0. The van der Waals surface area contributed by atoms with Crippen LogP contribution in [-0.2, 0) is 21.1 Å². The molecule has 0 heterocycles. The van der Waals surface area contributed by atoms with Crippen LogP contribution in [0, 0.1) is 5.82 Å². The van der Waals surface area contributed by atoms with Crippen LogP contribution in [0.3, 0.4) is 0 Å². The number of benzene rings is 1. The Labute approximate surface area is 126 Å². The molecular formula is C16H23FO3S. The number of sulfone groups is 1. The second kappa shape index (κ2) is 8.27. The van der Waals surface area contributed by atoms with Gasteiger partial charge >= 0.3 is 0 Å². The number of unbranched alkanes of at least 4 members (excludes halogenated alkanes) is 2. The van der Waals surface area contributed by atoms with Crippen molar-refractivity contribution in [2.24, 2.45) is 0 Å². The second-order valence-corrected chi connectivity index (χ2v) is 8.21. The van der Waals surface area contributed by atoms with E-state index in [1.54, 1.807) is 32.0 Å². The van der Waals surface area contributed by atoms with Crippen LogP contribution in [0.4, 0.5) is 4.39 Å². The molecule has 5 heteroatoms. The van der Waals surface area contributed by atoms with Gasteiger partial charge in [0.05, 0.1) is 11.0 Å². The van der Waals surface area contributed by atoms with Crippen molar-refractivity contribution >= 4 is 15.6 Å². The summed E-state index contributed by atoms with van der Waals surface area (Å²) >= 11 is 0. The topological polar surface area (TPSA) is 51.2 Å². The molecule has 0 saturated heterocycles. The fourth-order valence-electron chi connectivity index (χ4n) is 1.98. The Hall–Kier alpha value is -1.23. The number of carbonyl (C=O) groups is 1. The number of hydrogen-bond acceptors (Lipinski definition) is 3. The first-order chi connectivity index (χ1) is 9.83. The smallest absolute Gasteiger partial charge is 0.152 e. The third kappa shape index (κ3) is 6.38. The minimum absolute atomic E-state index is 0.00758. The molecule has 21 heavy (non-hydrogen) atoms. The van der Waals surface area contributed by atoms with Gasteiger partial charge in [-0.2, -0.15) is 0 Å². The minimum atomic E-state index is -2.99. The van der Waals surface area contributed by atoms with Crippen LogP contribution in [0.5, 0.6) is 0 Å². The summed E-state index contributed by atoms with van der Waals surface area (Å²) < 4.78 is 36.6. The summed E-state index contributed by atoms with van der Waals surface area (Å²) in [6.45, 7) is 3.35. The molecule has 0 aromatic heterocycles. The van der Waals surface area contributed by atoms with Crippen molar-refractivity contribution in [3.63, 3.8) is 0 Å². The van der Waals surface area contributed by atoms with Crippen molar-refractivity contribution in [3.05, 3.63) is 35.6 Å². The zero-order valence-corrected chi connectivity index (χ0v) is 13.5. The predicted molar refractivity (Wildman–Crippen MR) is 82.5 cm³/mol. The zero-order chi connectivity index (χ0) is 15.9. The molecule has 0 atom stereocenters. The van der Waals surface area contributed by atoms with E-state index < -0.39 is 9.84 Å². The van der Waals surface area contributed by atoms with Gasteiger partial charge in [0.15, 0.2) is 9.84 Å². The highest BCUT2D eigenvalue weighted by Crippen LogP contribution is 2.11. The Balaban J connectivity index is 2.25. The maximum absolute atomic E-state index is 13.4. The van der Waals surface area contributed by atoms with Crippen molar-refractivity contribution in [1.29, 1.82) is 0 Å². The zero-order valence-electron chi connectivity index (χ0n) is 12.6. The molecule has 0 aliphatic rings. The summed E-state index contributed by atoms with van der Waals surface area (Å²) in [5.41, 5.74) is 0.421. The standard InChI is InChI=1S/C16H23FO3S/c1-13(2)21(19,20)11-7-3-4-9-15(18)12-14-8-5-6-10-16(14)17/h5-6,8,10,13H,3-4,7,9,11-12H2,1-2H3. The van der Waals surface area contributed by atoms with Crippen molar-refractivity contribution in [1.82, 2.24) is 0 Å². The molecule has 0 fully saturated rings. The highest BCUT2D eigenvalue weighted by molar-refractivity contribution is 7.91. The van der Waals surface area contributed by atoms with Crippen LogP contribution in [0.15, 0.2) is 24.3 Å². The molecule has 1 aromatic rings. The van der Waals surface area contributed by atoms with E-state index in [2.05, 4.69) is 0 Å². The Bertz CT molecular complexity index is 565. The third-order valence-electron chi connectivity index (χ3n) is 3.45. The van der Waals surface area contributed by atoms with Crippen LogP contribution in [0.1, 0.15) is 45.1 Å². The maximum Gasteiger partial charge on any atom is 0.152 e. The number of carbonyl (C=O) groups excluding carboxylic acids is 1. The summed E-state index contributed by atoms with van der Waals surface area (Å²) in [5, 5.41) is -0.347. The molecule has 118 valence electrons. The molecule has 0 radical (unpaired) electrons. The Morgan fingerprint density at radius 2 is 1.81 bits per heavy atom. The lowest BCUT2D eigenvalue weighted by Crippen LogP contribution is -2.17. The molecule has 0 N–H and O–H groups in total. The normalized spacial score (nSPS) is 11.8. The van der Waals surface area contributed by atoms with Gasteiger partial charge in [0.25, 0.3) is 0 Å². The van der Waals surface area contributed by atoms with Crippen molar-refractivity contribution < 1.29 is 17.6 Å². The highest BCUT2D eigenvalue weighted by Gasteiger charge is 2.15. The number of ketones is 1. The van der Waals surface area contributed by atoms with E-state index in [9.17, 15) is 17.6 Å². The first-order valence-corrected chi connectivity index (χ1v) is 9.01. The van der Waals surface area contributed by atoms with Gasteiger partial charge in [-0.3, -0.25) is 4.79 Å². The molecule has 3 nitrogen and oxygen atoms in total. The van der Waals surface area contributed by atoms with Gasteiger partial charge in [-0.1, -0.05) is 24.6 Å². The van der Waals surface area contributed by atoms with Crippen molar-refractivity contribution in [2.45, 2.75) is 51.2 Å². The predicted octanol–water partition coefficient (Wildman–Crippen LogP) is 3.32. The van der Waals surface area contributed by atoms with Crippen LogP contribution >= 0.6 is 0 Å². The van der Waals surface area contributed by atoms with E-state index in [1.165, 1.54) is 6.07 Å². The monoisotopic (exact) mass is 314 g/mol. The Morgan fingerprint density at radius 1 is 1.14 bits per heavy atom. The average molecular weight is 314 g/mol. The molecule has 0 bridgehead atoms. The minimum Gasteiger partial charge on any atom is -0.299 e. The number of Topliss-reactive ketones (excluding diaryl/α,β-unsaturated/α-hetero) is 1. The van der Waals surface area contributed by atoms with E-state index in [-0.39, 0.29) is 29.0 Å². The maximum atomic E-state index is 13.4. The average Bonchev–Trinajstić information content (AvgIpc) is 2.40. The Morgan fingerprint density at radius 3 is 2.43 bits per heavy atom. The van der Waals surface area contributed by atoms with Gasteiger partial charge in [-0.15, -0.1) is 0 Å². The van der Waals surface area contributed by atoms with Gasteiger partial charge in [0.1, 0.15) is 11.6 Å². The molecule has 0 aliphatic heterocycles. The van der Waals surface area contributed by atoms with E-state index in [0.29, 0.717) is 31.2 Å². The fraction of sp³-hybridized carbons (Fsp3) is 0.562. The summed E-state index contributed by atoms with van der Waals surface area (Å²) in [5.74, 6) is -0.188. The lowest BCUT2D eigenvalue weighted by molar-refractivity contribution is -0.118. The lowest BCUT2D eigenvalue weighted by Gasteiger charge is -2.07. The molecule has 0 amide bonds. The summed E-state index contributed by atoms with van der Waals surface area (Å²) in [6, 6.07) is 6.27. The summed E-state index contributed by atoms with van der Waals surface area (Å²) in [4.78, 5) is 11.7. The van der Waals surface area contributed by atoms with Gasteiger partial charge < -0.3 is 0 Å². The van der Waals surface area contributed by atoms with Crippen molar-refractivity contribution in [2.75, 3.05) is 5.75 Å². The largest absolute Gasteiger partial charge is 0.299 e. The summed E-state index contributed by atoms with van der Waals surface area (Å²) in [7, 11) is -2.99. The van der Waals surface area contributed by atoms with E-state index in [1.807, 2.05) is 0 Å². The first kappa shape index (κ1) is 17.8. The molecular weight excluding hydrogens is 291 g/mol. The Kier molecular flexibility index (Phi) is 7.02. The fourth-order valence-corrected chi connectivity index (χ4v) is 3.06. The van der Waals surface area contributed by atoms with Crippen LogP contribution in [0.25, 0.3) is 0 Å². The molecule has 0 spiro atoms. The quantitative estimate of drug-likeness (QED) is 0.657. The van der Waals surface area contributed by atoms with Crippen molar-refractivity contribution in [3.8, 4) is 0 Å². The van der Waals surface area contributed by atoms with Gasteiger partial charge in [0.2, 0.25) is 0 Å². The van der Waals surface area contributed by atoms with Gasteiger partial charge in [-0.25, -0.2) is 12.8 Å². The molecule has 0 saturated carbocycles. The first-order valence-electron chi connectivity index (χ1n) is 7.29. The molecule has 0 aliphatic carbocycles. The summed E-state index contributed by atoms with van der Waals surface area (Å²) in [6.07, 6.45) is 2.41. The number of halogens is 1. The third-order valence-corrected chi connectivity index (χ3v) is 5.74. The highest BCUT2D eigenvalue weighted by atomic mass is 32.2.